The minimum atomic E-state index is -0.454. The van der Waals surface area contributed by atoms with Gasteiger partial charge in [0.15, 0.2) is 0 Å². The number of nitrogens with one attached hydrogen (secondary N) is 1. The number of ether oxygens (including phenoxy) is 1. The second-order valence-electron chi connectivity index (χ2n) is 3.50. The summed E-state index contributed by atoms with van der Waals surface area (Å²) in [6.07, 6.45) is -0.454. The van der Waals surface area contributed by atoms with Gasteiger partial charge in [-0.3, -0.25) is 9.69 Å². The van der Waals surface area contributed by atoms with Crippen molar-refractivity contribution in [2.45, 2.75) is 6.61 Å². The van der Waals surface area contributed by atoms with Crippen LogP contribution in [0.1, 0.15) is 5.56 Å². The maximum absolute atomic E-state index is 11.4. The van der Waals surface area contributed by atoms with Gasteiger partial charge in [-0.1, -0.05) is 12.1 Å². The van der Waals surface area contributed by atoms with Crippen LogP contribution in [0.5, 0.6) is 0 Å². The second-order valence-corrected chi connectivity index (χ2v) is 3.50. The predicted octanol–water partition coefficient (Wildman–Crippen LogP) is 1.10. The maximum atomic E-state index is 11.4. The molecule has 0 bridgehead atoms. The van der Waals surface area contributed by atoms with Gasteiger partial charge in [0.1, 0.15) is 13.2 Å². The average Bonchev–Trinajstić information content (AvgIpc) is 2.23. The Morgan fingerprint density at radius 3 is 3.07 bits per heavy atom. The van der Waals surface area contributed by atoms with Gasteiger partial charge in [-0.05, 0) is 6.07 Å². The van der Waals surface area contributed by atoms with Crippen molar-refractivity contribution in [3.8, 4) is 0 Å². The van der Waals surface area contributed by atoms with Crippen LogP contribution in [0.15, 0.2) is 18.2 Å². The van der Waals surface area contributed by atoms with E-state index in [0.717, 1.165) is 11.3 Å². The van der Waals surface area contributed by atoms with Gasteiger partial charge in [-0.2, -0.15) is 0 Å². The molecule has 0 saturated carbocycles. The van der Waals surface area contributed by atoms with Gasteiger partial charge >= 0.3 is 6.09 Å². The average molecular weight is 204 g/mol. The topological polar surface area (TPSA) is 58.6 Å². The molecule has 0 unspecified atom stereocenters. The smallest absolute Gasteiger partial charge is 0.415 e. The summed E-state index contributed by atoms with van der Waals surface area (Å²) in [5, 5.41) is 2.73. The Balaban J connectivity index is 2.22. The van der Waals surface area contributed by atoms with E-state index in [-0.39, 0.29) is 19.1 Å². The molecule has 1 aromatic rings. The molecule has 0 radical (unpaired) electrons. The Morgan fingerprint density at radius 2 is 2.20 bits per heavy atom. The van der Waals surface area contributed by atoms with E-state index in [1.54, 1.807) is 6.07 Å². The minimum absolute atomic E-state index is 0.0306. The first-order valence-electron chi connectivity index (χ1n) is 4.62. The van der Waals surface area contributed by atoms with Crippen molar-refractivity contribution in [3.63, 3.8) is 0 Å². The Morgan fingerprint density at radius 1 is 1.33 bits per heavy atom. The summed E-state index contributed by atoms with van der Waals surface area (Å²) in [7, 11) is 0. The molecule has 2 aliphatic heterocycles. The third-order valence-corrected chi connectivity index (χ3v) is 2.54. The molecule has 15 heavy (non-hydrogen) atoms. The number of hydrogen-bond donors (Lipinski definition) is 1. The number of para-hydroxylation sites is 1. The Hall–Kier alpha value is -2.04. The number of amides is 2. The van der Waals surface area contributed by atoms with Gasteiger partial charge in [-0.25, -0.2) is 4.79 Å². The van der Waals surface area contributed by atoms with Crippen LogP contribution < -0.4 is 10.2 Å². The second kappa shape index (κ2) is 2.73. The lowest BCUT2D eigenvalue weighted by Crippen LogP contribution is -2.45. The van der Waals surface area contributed by atoms with Crippen molar-refractivity contribution in [2.75, 3.05) is 16.8 Å². The standard InChI is InChI=1S/C10H8N2O3/c13-8-4-12-9-6(5-15-10(12)14)2-1-3-7(9)11-8/h1-3H,4-5H2,(H,11,13). The maximum Gasteiger partial charge on any atom is 0.415 e. The van der Waals surface area contributed by atoms with Crippen molar-refractivity contribution in [1.82, 2.24) is 0 Å². The highest BCUT2D eigenvalue weighted by atomic mass is 16.6. The Labute approximate surface area is 85.6 Å². The molecule has 5 heteroatoms. The quantitative estimate of drug-likeness (QED) is 0.688. The zero-order valence-corrected chi connectivity index (χ0v) is 7.82. The molecule has 0 atom stereocenters. The monoisotopic (exact) mass is 204 g/mol. The number of rotatable bonds is 0. The Kier molecular flexibility index (Phi) is 1.50. The van der Waals surface area contributed by atoms with Gasteiger partial charge in [0, 0.05) is 5.56 Å². The summed E-state index contributed by atoms with van der Waals surface area (Å²) >= 11 is 0. The summed E-state index contributed by atoms with van der Waals surface area (Å²) in [4.78, 5) is 24.1. The molecule has 0 fully saturated rings. The van der Waals surface area contributed by atoms with Crippen molar-refractivity contribution in [3.05, 3.63) is 23.8 Å². The molecule has 1 N–H and O–H groups in total. The molecule has 0 aliphatic carbocycles. The fourth-order valence-electron chi connectivity index (χ4n) is 1.91. The van der Waals surface area contributed by atoms with Crippen LogP contribution in [0.2, 0.25) is 0 Å². The van der Waals surface area contributed by atoms with Crippen molar-refractivity contribution < 1.29 is 14.3 Å². The number of cyclic esters (lactones) is 1. The Bertz CT molecular complexity index is 470. The zero-order valence-electron chi connectivity index (χ0n) is 7.82. The van der Waals surface area contributed by atoms with E-state index in [2.05, 4.69) is 5.32 Å². The summed E-state index contributed by atoms with van der Waals surface area (Å²) < 4.78 is 4.95. The fraction of sp³-hybridized carbons (Fsp3) is 0.200. The summed E-state index contributed by atoms with van der Waals surface area (Å²) in [6.45, 7) is 0.303. The van der Waals surface area contributed by atoms with Crippen LogP contribution in [0, 0.1) is 0 Å². The number of anilines is 2. The van der Waals surface area contributed by atoms with Crippen LogP contribution in [0.4, 0.5) is 16.2 Å². The first-order valence-corrected chi connectivity index (χ1v) is 4.62. The van der Waals surface area contributed by atoms with Gasteiger partial charge in [0.25, 0.3) is 0 Å². The molecule has 1 aromatic carbocycles. The number of nitrogens with zero attached hydrogens (tertiary/aromatic N) is 1. The van der Waals surface area contributed by atoms with Crippen LogP contribution in [-0.2, 0) is 16.1 Å². The highest BCUT2D eigenvalue weighted by Crippen LogP contribution is 2.36. The van der Waals surface area contributed by atoms with Crippen molar-refractivity contribution in [2.24, 2.45) is 0 Å². The van der Waals surface area contributed by atoms with Gasteiger partial charge in [0.05, 0.1) is 11.4 Å². The highest BCUT2D eigenvalue weighted by molar-refractivity contribution is 6.09. The van der Waals surface area contributed by atoms with E-state index in [9.17, 15) is 9.59 Å². The van der Waals surface area contributed by atoms with Crippen LogP contribution in [-0.4, -0.2) is 18.5 Å². The molecule has 2 amide bonds. The molecule has 2 heterocycles. The number of carbonyl (C=O) groups is 2. The minimum Gasteiger partial charge on any atom is -0.444 e. The summed E-state index contributed by atoms with van der Waals surface area (Å²) in [5.41, 5.74) is 2.38. The van der Waals surface area contributed by atoms with Crippen LogP contribution in [0.25, 0.3) is 0 Å². The molecule has 5 nitrogen and oxygen atoms in total. The summed E-state index contributed by atoms with van der Waals surface area (Å²) in [6, 6.07) is 5.49. The van der Waals surface area contributed by atoms with E-state index in [1.807, 2.05) is 12.1 Å². The lowest BCUT2D eigenvalue weighted by atomic mass is 10.1. The van der Waals surface area contributed by atoms with Crippen LogP contribution in [0.3, 0.4) is 0 Å². The first kappa shape index (κ1) is 8.28. The molecule has 76 valence electrons. The fourth-order valence-corrected chi connectivity index (χ4v) is 1.91. The number of carbonyl (C=O) groups excluding carboxylic acids is 2. The van der Waals surface area contributed by atoms with Gasteiger partial charge in [0.2, 0.25) is 5.91 Å². The molecule has 0 saturated heterocycles. The first-order chi connectivity index (χ1) is 7.25. The zero-order chi connectivity index (χ0) is 10.4. The predicted molar refractivity (Wildman–Crippen MR) is 52.6 cm³/mol. The normalized spacial score (nSPS) is 18.0. The van der Waals surface area contributed by atoms with Gasteiger partial charge < -0.3 is 10.1 Å². The van der Waals surface area contributed by atoms with E-state index in [1.165, 1.54) is 4.90 Å². The van der Waals surface area contributed by atoms with Crippen LogP contribution >= 0.6 is 0 Å². The number of hydrogen-bond acceptors (Lipinski definition) is 3. The van der Waals surface area contributed by atoms with Crippen molar-refractivity contribution in [1.29, 1.82) is 0 Å². The molecule has 0 aromatic heterocycles. The van der Waals surface area contributed by atoms with E-state index in [4.69, 9.17) is 4.74 Å². The largest absolute Gasteiger partial charge is 0.444 e. The SMILES string of the molecule is O=C1CN2C(=O)OCc3cccc(c32)N1. The van der Waals surface area contributed by atoms with Gasteiger partial charge in [-0.15, -0.1) is 0 Å². The third kappa shape index (κ3) is 1.09. The number of benzene rings is 1. The van der Waals surface area contributed by atoms with E-state index in [0.29, 0.717) is 5.69 Å². The molecular weight excluding hydrogens is 196 g/mol. The highest BCUT2D eigenvalue weighted by Gasteiger charge is 2.33. The van der Waals surface area contributed by atoms with E-state index >= 15 is 0 Å². The molecule has 2 aliphatic rings. The lowest BCUT2D eigenvalue weighted by Gasteiger charge is -2.33. The summed E-state index contributed by atoms with van der Waals surface area (Å²) in [5.74, 6) is -0.196. The van der Waals surface area contributed by atoms with E-state index < -0.39 is 6.09 Å². The van der Waals surface area contributed by atoms with Crippen molar-refractivity contribution >= 4 is 23.4 Å². The molecule has 0 spiro atoms. The molecule has 3 rings (SSSR count). The third-order valence-electron chi connectivity index (χ3n) is 2.54. The molecular formula is C10H8N2O3. The lowest BCUT2D eigenvalue weighted by molar-refractivity contribution is -0.115.